The molecule has 2 aromatic carbocycles. The number of rotatable bonds is 7. The van der Waals surface area contributed by atoms with E-state index in [1.54, 1.807) is 19.0 Å². The highest BCUT2D eigenvalue weighted by Gasteiger charge is 2.43. The van der Waals surface area contributed by atoms with E-state index < -0.39 is 12.1 Å². The van der Waals surface area contributed by atoms with Crippen LogP contribution < -0.4 is 0 Å². The lowest BCUT2D eigenvalue weighted by Gasteiger charge is -2.42. The van der Waals surface area contributed by atoms with Crippen molar-refractivity contribution in [1.29, 1.82) is 0 Å². The van der Waals surface area contributed by atoms with E-state index in [1.165, 1.54) is 4.90 Å². The molecule has 3 amide bonds. The summed E-state index contributed by atoms with van der Waals surface area (Å²) < 4.78 is 0. The Balaban J connectivity index is 1.80. The van der Waals surface area contributed by atoms with E-state index in [0.29, 0.717) is 18.5 Å². The maximum absolute atomic E-state index is 13.6. The van der Waals surface area contributed by atoms with E-state index in [1.807, 2.05) is 88.3 Å². The molecule has 0 saturated heterocycles. The molecule has 3 aromatic rings. The average molecular weight is 566 g/mol. The van der Waals surface area contributed by atoms with Crippen LogP contribution in [0.4, 0.5) is 0 Å². The molecule has 0 saturated carbocycles. The highest BCUT2D eigenvalue weighted by atomic mass is 35.5. The molecule has 1 aliphatic rings. The number of hydrogen-bond donors (Lipinski definition) is 1. The number of alkyl halides is 1. The van der Waals surface area contributed by atoms with Crippen LogP contribution in [0.25, 0.3) is 10.9 Å². The predicted octanol–water partition coefficient (Wildman–Crippen LogP) is 4.14. The number of amides is 3. The molecule has 1 aromatic heterocycles. The van der Waals surface area contributed by atoms with E-state index in [-0.39, 0.29) is 29.1 Å². The number of likely N-dealkylation sites (N-methyl/N-ethyl adjacent to an activating group) is 2. The standard InChI is InChI=1S/C31H40ClN5O3/c1-31(2,3)36(17-16-34(4)5)29(39)21-14-12-20(13-15-21)28-27-23(22-10-8-9-11-24(22)33-27)18-25(30(40)35(6)7)37(28)26(38)19-32/h8-15,25,28,33H,16-19H2,1-7H3/t25-,28+/m1/s1. The lowest BCUT2D eigenvalue weighted by Crippen LogP contribution is -2.54. The van der Waals surface area contributed by atoms with Crippen LogP contribution in [0.5, 0.6) is 0 Å². The molecule has 1 N–H and O–H groups in total. The summed E-state index contributed by atoms with van der Waals surface area (Å²) in [5.74, 6) is -0.774. The minimum atomic E-state index is -0.707. The maximum Gasteiger partial charge on any atom is 0.254 e. The molecule has 0 bridgehead atoms. The number of nitrogens with zero attached hydrogens (tertiary/aromatic N) is 4. The quantitative estimate of drug-likeness (QED) is 0.437. The third-order valence-corrected chi connectivity index (χ3v) is 7.79. The first-order chi connectivity index (χ1) is 18.8. The second-order valence-electron chi connectivity index (χ2n) is 11.9. The zero-order valence-electron chi connectivity index (χ0n) is 24.5. The molecule has 9 heteroatoms. The summed E-state index contributed by atoms with van der Waals surface area (Å²) in [6, 6.07) is 14.1. The zero-order chi connectivity index (χ0) is 29.4. The number of carbonyl (C=O) groups is 3. The van der Waals surface area contributed by atoms with Crippen LogP contribution in [-0.2, 0) is 16.0 Å². The molecule has 2 atom stereocenters. The summed E-state index contributed by atoms with van der Waals surface area (Å²) in [4.78, 5) is 51.0. The minimum absolute atomic E-state index is 0.0507. The zero-order valence-corrected chi connectivity index (χ0v) is 25.2. The van der Waals surface area contributed by atoms with Crippen molar-refractivity contribution in [2.45, 2.75) is 44.8 Å². The SMILES string of the molecule is CN(C)CCN(C(=O)c1ccc([C@H]2c3[nH]c4ccccc4c3C[C@H](C(=O)N(C)C)N2C(=O)CCl)cc1)C(C)(C)C. The lowest BCUT2D eigenvalue weighted by molar-refractivity contribution is -0.145. The van der Waals surface area contributed by atoms with Gasteiger partial charge in [0, 0.05) is 61.3 Å². The number of H-pyrrole nitrogens is 1. The number of aromatic nitrogens is 1. The Bertz CT molecular complexity index is 1390. The number of aromatic amines is 1. The van der Waals surface area contributed by atoms with Gasteiger partial charge in [0.15, 0.2) is 0 Å². The fraction of sp³-hybridized carbons (Fsp3) is 0.452. The molecular weight excluding hydrogens is 526 g/mol. The normalized spacial score (nSPS) is 17.2. The first-order valence-electron chi connectivity index (χ1n) is 13.6. The van der Waals surface area contributed by atoms with Gasteiger partial charge in [-0.15, -0.1) is 11.6 Å². The third-order valence-electron chi connectivity index (χ3n) is 7.56. The Kier molecular flexibility index (Phi) is 8.61. The Hall–Kier alpha value is -3.36. The minimum Gasteiger partial charge on any atom is -0.356 e. The second-order valence-corrected chi connectivity index (χ2v) is 12.2. The van der Waals surface area contributed by atoms with Crippen molar-refractivity contribution in [2.75, 3.05) is 47.2 Å². The Morgan fingerprint density at radius 2 is 1.62 bits per heavy atom. The molecule has 0 unspecified atom stereocenters. The third kappa shape index (κ3) is 5.74. The molecule has 0 fully saturated rings. The molecule has 8 nitrogen and oxygen atoms in total. The number of carbonyl (C=O) groups excluding carboxylic acids is 3. The fourth-order valence-corrected chi connectivity index (χ4v) is 5.65. The number of benzene rings is 2. The summed E-state index contributed by atoms with van der Waals surface area (Å²) in [7, 11) is 7.38. The Labute approximate surface area is 241 Å². The van der Waals surface area contributed by atoms with Crippen LogP contribution in [0.1, 0.15) is 54.0 Å². The van der Waals surface area contributed by atoms with Crippen LogP contribution in [0.3, 0.4) is 0 Å². The topological polar surface area (TPSA) is 80.0 Å². The first kappa shape index (κ1) is 29.6. The Morgan fingerprint density at radius 3 is 2.20 bits per heavy atom. The van der Waals surface area contributed by atoms with Crippen molar-refractivity contribution in [3.63, 3.8) is 0 Å². The summed E-state index contributed by atoms with van der Waals surface area (Å²) in [5.41, 5.74) is 3.85. The number of para-hydroxylation sites is 1. The van der Waals surface area contributed by atoms with Gasteiger partial charge in [0.05, 0.1) is 6.04 Å². The monoisotopic (exact) mass is 565 g/mol. The highest BCUT2D eigenvalue weighted by Crippen LogP contribution is 2.41. The van der Waals surface area contributed by atoms with Gasteiger partial charge in [0.1, 0.15) is 11.9 Å². The van der Waals surface area contributed by atoms with Gasteiger partial charge >= 0.3 is 0 Å². The van der Waals surface area contributed by atoms with Crippen molar-refractivity contribution in [2.24, 2.45) is 0 Å². The molecule has 1 aliphatic heterocycles. The van der Waals surface area contributed by atoms with Crippen molar-refractivity contribution in [3.8, 4) is 0 Å². The van der Waals surface area contributed by atoms with Gasteiger partial charge in [-0.3, -0.25) is 14.4 Å². The first-order valence-corrected chi connectivity index (χ1v) is 14.1. The largest absolute Gasteiger partial charge is 0.356 e. The van der Waals surface area contributed by atoms with Crippen LogP contribution in [-0.4, -0.2) is 101 Å². The van der Waals surface area contributed by atoms with Crippen molar-refractivity contribution < 1.29 is 14.4 Å². The van der Waals surface area contributed by atoms with Crippen LogP contribution in [0, 0.1) is 0 Å². The second kappa shape index (κ2) is 11.6. The highest BCUT2D eigenvalue weighted by molar-refractivity contribution is 6.27. The van der Waals surface area contributed by atoms with Gasteiger partial charge in [-0.05, 0) is 64.2 Å². The summed E-state index contributed by atoms with van der Waals surface area (Å²) >= 11 is 6.11. The number of hydrogen-bond acceptors (Lipinski definition) is 4. The molecule has 0 aliphatic carbocycles. The Morgan fingerprint density at radius 1 is 0.975 bits per heavy atom. The van der Waals surface area contributed by atoms with Crippen molar-refractivity contribution in [1.82, 2.24) is 24.6 Å². The fourth-order valence-electron chi connectivity index (χ4n) is 5.51. The van der Waals surface area contributed by atoms with Gasteiger partial charge in [0.25, 0.3) is 5.91 Å². The molecule has 0 spiro atoms. The van der Waals surface area contributed by atoms with Gasteiger partial charge in [0.2, 0.25) is 11.8 Å². The number of halogens is 1. The van der Waals surface area contributed by atoms with E-state index in [2.05, 4.69) is 9.88 Å². The lowest BCUT2D eigenvalue weighted by atomic mass is 9.87. The van der Waals surface area contributed by atoms with E-state index in [9.17, 15) is 14.4 Å². The van der Waals surface area contributed by atoms with E-state index in [0.717, 1.165) is 34.3 Å². The van der Waals surface area contributed by atoms with Crippen molar-refractivity contribution in [3.05, 3.63) is 70.9 Å². The van der Waals surface area contributed by atoms with E-state index in [4.69, 9.17) is 11.6 Å². The van der Waals surface area contributed by atoms with Gasteiger partial charge in [-0.2, -0.15) is 0 Å². The molecular formula is C31H40ClN5O3. The molecule has 4 rings (SSSR count). The number of fused-ring (bicyclic) bond motifs is 3. The smallest absolute Gasteiger partial charge is 0.254 e. The van der Waals surface area contributed by atoms with E-state index >= 15 is 0 Å². The average Bonchev–Trinajstić information content (AvgIpc) is 3.28. The van der Waals surface area contributed by atoms with Gasteiger partial charge < -0.3 is 24.6 Å². The van der Waals surface area contributed by atoms with Gasteiger partial charge in [-0.1, -0.05) is 30.3 Å². The number of nitrogens with one attached hydrogen (secondary N) is 1. The van der Waals surface area contributed by atoms with Gasteiger partial charge in [-0.25, -0.2) is 0 Å². The van der Waals surface area contributed by atoms with Crippen LogP contribution in [0.2, 0.25) is 0 Å². The summed E-state index contributed by atoms with van der Waals surface area (Å²) in [6.45, 7) is 7.46. The van der Waals surface area contributed by atoms with Crippen LogP contribution in [0.15, 0.2) is 48.5 Å². The van der Waals surface area contributed by atoms with Crippen LogP contribution >= 0.6 is 11.6 Å². The molecule has 40 heavy (non-hydrogen) atoms. The molecule has 0 radical (unpaired) electrons. The van der Waals surface area contributed by atoms with Crippen molar-refractivity contribution >= 4 is 40.2 Å². The molecule has 214 valence electrons. The summed E-state index contributed by atoms with van der Waals surface area (Å²) in [5, 5.41) is 1.03. The predicted molar refractivity (Wildman–Crippen MR) is 160 cm³/mol. The maximum atomic E-state index is 13.6. The molecule has 2 heterocycles. The summed E-state index contributed by atoms with van der Waals surface area (Å²) in [6.07, 6.45) is 0.387.